The molecular formula is C28H35FN8O. The van der Waals surface area contributed by atoms with Crippen molar-refractivity contribution in [2.45, 2.75) is 53.0 Å². The molecule has 4 aromatic rings. The first-order valence-electron chi connectivity index (χ1n) is 12.7. The van der Waals surface area contributed by atoms with Crippen LogP contribution in [0.5, 0.6) is 0 Å². The lowest BCUT2D eigenvalue weighted by Gasteiger charge is -2.40. The summed E-state index contributed by atoms with van der Waals surface area (Å²) in [6, 6.07) is 19.4. The van der Waals surface area contributed by atoms with Crippen molar-refractivity contribution in [1.29, 1.82) is 0 Å². The van der Waals surface area contributed by atoms with E-state index in [1.807, 2.05) is 87.6 Å². The first-order valence-corrected chi connectivity index (χ1v) is 12.7. The van der Waals surface area contributed by atoms with Crippen LogP contribution in [0, 0.1) is 12.3 Å². The molecule has 2 N–H and O–H groups in total. The quantitative estimate of drug-likeness (QED) is 0.342. The Hall–Kier alpha value is -3.92. The van der Waals surface area contributed by atoms with Gasteiger partial charge in [-0.3, -0.25) is 4.79 Å². The van der Waals surface area contributed by atoms with Crippen LogP contribution in [-0.2, 0) is 17.9 Å². The number of aromatic nitrogens is 6. The number of hydrogen-bond donors (Lipinski definition) is 1. The van der Waals surface area contributed by atoms with E-state index >= 15 is 0 Å². The fourth-order valence-corrected chi connectivity index (χ4v) is 4.55. The van der Waals surface area contributed by atoms with Gasteiger partial charge in [-0.2, -0.15) is 0 Å². The Kier molecular flexibility index (Phi) is 8.31. The summed E-state index contributed by atoms with van der Waals surface area (Å²) in [5.41, 5.74) is 8.01. The van der Waals surface area contributed by atoms with Gasteiger partial charge in [-0.1, -0.05) is 81.4 Å². The van der Waals surface area contributed by atoms with Crippen LogP contribution in [-0.4, -0.2) is 59.8 Å². The highest BCUT2D eigenvalue weighted by molar-refractivity contribution is 5.76. The Labute approximate surface area is 222 Å². The number of tetrazole rings is 1. The molecule has 38 heavy (non-hydrogen) atoms. The number of aryl methyl sites for hydroxylation is 1. The summed E-state index contributed by atoms with van der Waals surface area (Å²) in [7, 11) is 0. The monoisotopic (exact) mass is 518 g/mol. The lowest BCUT2D eigenvalue weighted by Crippen LogP contribution is -2.47. The van der Waals surface area contributed by atoms with Crippen molar-refractivity contribution in [2.75, 3.05) is 13.1 Å². The van der Waals surface area contributed by atoms with E-state index in [0.29, 0.717) is 18.2 Å². The predicted octanol–water partition coefficient (Wildman–Crippen LogP) is 3.81. The summed E-state index contributed by atoms with van der Waals surface area (Å²) in [4.78, 5) is 20.4. The number of nitrogens with zero attached hydrogens (tertiary/aromatic N) is 7. The minimum absolute atomic E-state index is 0.117. The first kappa shape index (κ1) is 27.1. The zero-order chi connectivity index (χ0) is 27.3. The predicted molar refractivity (Wildman–Crippen MR) is 144 cm³/mol. The third-order valence-electron chi connectivity index (χ3n) is 6.42. The van der Waals surface area contributed by atoms with Gasteiger partial charge in [-0.25, -0.2) is 14.1 Å². The molecule has 1 amide bonds. The third-order valence-corrected chi connectivity index (χ3v) is 6.42. The van der Waals surface area contributed by atoms with E-state index in [1.165, 1.54) is 4.68 Å². The molecule has 9 nitrogen and oxygen atoms in total. The average molecular weight is 519 g/mol. The number of carbonyl (C=O) groups excluding carboxylic acids is 1. The van der Waals surface area contributed by atoms with Gasteiger partial charge in [0, 0.05) is 24.8 Å². The smallest absolute Gasteiger partial charge is 0.245 e. The van der Waals surface area contributed by atoms with E-state index in [2.05, 4.69) is 20.1 Å². The summed E-state index contributed by atoms with van der Waals surface area (Å²) < 4.78 is 18.4. The SMILES string of the molecule is Cc1nnnn1CC(=O)N(C[C@H](F)CN)[C@@H](c1nc(-c2ccccc2)cn1Cc1ccccc1)C(C)(C)C. The van der Waals surface area contributed by atoms with Gasteiger partial charge in [0.2, 0.25) is 5.91 Å². The number of benzene rings is 2. The van der Waals surface area contributed by atoms with Gasteiger partial charge in [0.25, 0.3) is 0 Å². The van der Waals surface area contributed by atoms with E-state index in [9.17, 15) is 9.18 Å². The molecule has 0 radical (unpaired) electrons. The minimum Gasteiger partial charge on any atom is -0.328 e. The molecule has 2 heterocycles. The lowest BCUT2D eigenvalue weighted by atomic mass is 9.84. The van der Waals surface area contributed by atoms with Crippen LogP contribution in [0.1, 0.15) is 44.0 Å². The molecular weight excluding hydrogens is 483 g/mol. The maximum absolute atomic E-state index is 14.9. The summed E-state index contributed by atoms with van der Waals surface area (Å²) >= 11 is 0. The molecule has 0 bridgehead atoms. The highest BCUT2D eigenvalue weighted by atomic mass is 19.1. The second-order valence-electron chi connectivity index (χ2n) is 10.5. The Morgan fingerprint density at radius 3 is 2.32 bits per heavy atom. The molecule has 0 spiro atoms. The van der Waals surface area contributed by atoms with Crippen LogP contribution < -0.4 is 5.73 Å². The molecule has 2 aromatic heterocycles. The molecule has 0 saturated heterocycles. The maximum atomic E-state index is 14.9. The normalized spacial score (nSPS) is 13.3. The van der Waals surface area contributed by atoms with E-state index in [4.69, 9.17) is 10.7 Å². The standard InChI is InChI=1S/C28H35FN8O/c1-20-32-33-34-37(20)19-25(38)36(17-23(29)15-30)26(28(2,3)4)27-31-24(22-13-9-6-10-14-22)18-35(27)16-21-11-7-5-8-12-21/h5-14,18,23,26H,15-17,19,30H2,1-4H3/t23-,26+/m1/s1. The van der Waals surface area contributed by atoms with Crippen molar-refractivity contribution in [3.05, 3.63) is 84.1 Å². The van der Waals surface area contributed by atoms with Crippen LogP contribution in [0.3, 0.4) is 0 Å². The molecule has 10 heteroatoms. The van der Waals surface area contributed by atoms with Crippen molar-refractivity contribution in [2.24, 2.45) is 11.1 Å². The van der Waals surface area contributed by atoms with Gasteiger partial charge >= 0.3 is 0 Å². The molecule has 0 unspecified atom stereocenters. The van der Waals surface area contributed by atoms with Gasteiger partial charge in [-0.15, -0.1) is 5.10 Å². The topological polar surface area (TPSA) is 108 Å². The van der Waals surface area contributed by atoms with E-state index in [-0.39, 0.29) is 25.5 Å². The second kappa shape index (κ2) is 11.6. The average Bonchev–Trinajstić information content (AvgIpc) is 3.49. The zero-order valence-corrected chi connectivity index (χ0v) is 22.3. The third kappa shape index (κ3) is 6.31. The zero-order valence-electron chi connectivity index (χ0n) is 22.3. The number of carbonyl (C=O) groups is 1. The summed E-state index contributed by atoms with van der Waals surface area (Å²) in [6.07, 6.45) is 0.602. The van der Waals surface area contributed by atoms with Crippen molar-refractivity contribution >= 4 is 5.91 Å². The molecule has 0 fully saturated rings. The van der Waals surface area contributed by atoms with Gasteiger partial charge in [0.1, 0.15) is 24.4 Å². The number of alkyl halides is 1. The molecule has 4 rings (SSSR count). The van der Waals surface area contributed by atoms with Crippen molar-refractivity contribution < 1.29 is 9.18 Å². The van der Waals surface area contributed by atoms with Gasteiger partial charge in [-0.05, 0) is 28.3 Å². The maximum Gasteiger partial charge on any atom is 0.245 e. The Bertz CT molecular complexity index is 1330. The second-order valence-corrected chi connectivity index (χ2v) is 10.5. The number of amides is 1. The van der Waals surface area contributed by atoms with Gasteiger partial charge in [0.15, 0.2) is 0 Å². The molecule has 0 aliphatic heterocycles. The van der Waals surface area contributed by atoms with Crippen LogP contribution in [0.25, 0.3) is 11.3 Å². The molecule has 0 saturated carbocycles. The van der Waals surface area contributed by atoms with Crippen molar-refractivity contribution in [3.8, 4) is 11.3 Å². The molecule has 0 aliphatic carbocycles. The van der Waals surface area contributed by atoms with Gasteiger partial charge < -0.3 is 15.2 Å². The lowest BCUT2D eigenvalue weighted by molar-refractivity contribution is -0.138. The van der Waals surface area contributed by atoms with Crippen LogP contribution in [0.2, 0.25) is 0 Å². The summed E-state index contributed by atoms with van der Waals surface area (Å²) in [5, 5.41) is 11.4. The fourth-order valence-electron chi connectivity index (χ4n) is 4.55. The van der Waals surface area contributed by atoms with E-state index < -0.39 is 17.6 Å². The van der Waals surface area contributed by atoms with Gasteiger partial charge in [0.05, 0.1) is 18.3 Å². The first-order chi connectivity index (χ1) is 18.2. The van der Waals surface area contributed by atoms with E-state index in [0.717, 1.165) is 16.8 Å². The molecule has 2 atom stereocenters. The fraction of sp³-hybridized carbons (Fsp3) is 0.393. The highest BCUT2D eigenvalue weighted by Crippen LogP contribution is 2.39. The van der Waals surface area contributed by atoms with Crippen LogP contribution in [0.15, 0.2) is 66.9 Å². The Morgan fingerprint density at radius 1 is 1.08 bits per heavy atom. The molecule has 200 valence electrons. The van der Waals surface area contributed by atoms with Crippen LogP contribution >= 0.6 is 0 Å². The summed E-state index contributed by atoms with van der Waals surface area (Å²) in [6.45, 7) is 7.87. The number of nitrogens with two attached hydrogens (primary N) is 1. The van der Waals surface area contributed by atoms with E-state index in [1.54, 1.807) is 11.8 Å². The number of halogens is 1. The summed E-state index contributed by atoms with van der Waals surface area (Å²) in [5.74, 6) is 0.858. The molecule has 0 aliphatic rings. The Morgan fingerprint density at radius 2 is 1.74 bits per heavy atom. The number of rotatable bonds is 10. The van der Waals surface area contributed by atoms with Crippen molar-refractivity contribution in [1.82, 2.24) is 34.7 Å². The highest BCUT2D eigenvalue weighted by Gasteiger charge is 2.39. The van der Waals surface area contributed by atoms with Crippen molar-refractivity contribution in [3.63, 3.8) is 0 Å². The minimum atomic E-state index is -1.40. The van der Waals surface area contributed by atoms with Crippen LogP contribution in [0.4, 0.5) is 4.39 Å². The largest absolute Gasteiger partial charge is 0.328 e. The number of imidazole rings is 1. The molecule has 2 aromatic carbocycles. The number of hydrogen-bond acceptors (Lipinski definition) is 6. The Balaban J connectivity index is 1.83.